The van der Waals surface area contributed by atoms with Crippen LogP contribution in [0, 0.1) is 6.92 Å². The molecule has 0 saturated heterocycles. The number of halogens is 2. The van der Waals surface area contributed by atoms with Crippen LogP contribution in [0.25, 0.3) is 6.08 Å². The average Bonchev–Trinajstić information content (AvgIpc) is 3.27. The van der Waals surface area contributed by atoms with Crippen molar-refractivity contribution >= 4 is 46.6 Å². The van der Waals surface area contributed by atoms with Gasteiger partial charge in [0.25, 0.3) is 5.56 Å². The second kappa shape index (κ2) is 12.6. The number of ether oxygens (including phenoxy) is 3. The highest BCUT2D eigenvalue weighted by atomic mass is 35.5. The van der Waals surface area contributed by atoms with Gasteiger partial charge in [0.2, 0.25) is 0 Å². The maximum absolute atomic E-state index is 13.9. The van der Waals surface area contributed by atoms with E-state index in [2.05, 4.69) is 4.99 Å². The zero-order valence-corrected chi connectivity index (χ0v) is 25.8. The van der Waals surface area contributed by atoms with Crippen LogP contribution >= 0.6 is 34.5 Å². The summed E-state index contributed by atoms with van der Waals surface area (Å²) in [6.07, 6.45) is 1.78. The number of esters is 1. The lowest BCUT2D eigenvalue weighted by molar-refractivity contribution is -0.139. The fourth-order valence-electron chi connectivity index (χ4n) is 4.69. The van der Waals surface area contributed by atoms with Crippen LogP contribution in [0.15, 0.2) is 81.7 Å². The molecule has 42 heavy (non-hydrogen) atoms. The minimum Gasteiger partial charge on any atom is -0.493 e. The van der Waals surface area contributed by atoms with Gasteiger partial charge in [0, 0.05) is 0 Å². The molecule has 0 fully saturated rings. The lowest BCUT2D eigenvalue weighted by Crippen LogP contribution is -2.39. The number of carbonyl (C=O) groups excluding carboxylic acids is 1. The number of hydrogen-bond acceptors (Lipinski definition) is 7. The Labute approximate surface area is 256 Å². The third-order valence-electron chi connectivity index (χ3n) is 6.77. The molecule has 1 aliphatic heterocycles. The van der Waals surface area contributed by atoms with Crippen LogP contribution in [-0.2, 0) is 16.1 Å². The first kappa shape index (κ1) is 29.6. The molecule has 1 atom stereocenters. The summed E-state index contributed by atoms with van der Waals surface area (Å²) in [6, 6.07) is 17.9. The highest BCUT2D eigenvalue weighted by Crippen LogP contribution is 2.32. The molecule has 0 radical (unpaired) electrons. The number of nitrogens with zero attached hydrogens (tertiary/aromatic N) is 2. The molecule has 5 rings (SSSR count). The quantitative estimate of drug-likeness (QED) is 0.225. The lowest BCUT2D eigenvalue weighted by Gasteiger charge is -2.24. The molecule has 0 spiro atoms. The number of rotatable bonds is 8. The summed E-state index contributed by atoms with van der Waals surface area (Å²) in [7, 11) is 1.56. The summed E-state index contributed by atoms with van der Waals surface area (Å²) in [5, 5.41) is 0.931. The first-order valence-electron chi connectivity index (χ1n) is 13.2. The number of hydrogen-bond donors (Lipinski definition) is 0. The highest BCUT2D eigenvalue weighted by Gasteiger charge is 2.33. The van der Waals surface area contributed by atoms with Crippen molar-refractivity contribution < 1.29 is 19.0 Å². The van der Waals surface area contributed by atoms with Crippen LogP contribution in [0.5, 0.6) is 11.5 Å². The van der Waals surface area contributed by atoms with Gasteiger partial charge in [0.15, 0.2) is 16.3 Å². The number of carbonyl (C=O) groups is 1. The first-order valence-corrected chi connectivity index (χ1v) is 14.8. The Kier molecular flexibility index (Phi) is 8.87. The normalized spacial score (nSPS) is 14.8. The van der Waals surface area contributed by atoms with E-state index in [0.717, 1.165) is 22.3 Å². The van der Waals surface area contributed by atoms with E-state index in [9.17, 15) is 9.59 Å². The number of methoxy groups -OCH3 is 1. The van der Waals surface area contributed by atoms with Crippen LogP contribution in [0.3, 0.4) is 0 Å². The second-order valence-corrected chi connectivity index (χ2v) is 11.5. The Balaban J connectivity index is 1.52. The molecule has 1 aromatic heterocycles. The monoisotopic (exact) mass is 622 g/mol. The number of fused-ring (bicyclic) bond motifs is 1. The van der Waals surface area contributed by atoms with Crippen LogP contribution in [0.1, 0.15) is 42.1 Å². The van der Waals surface area contributed by atoms with Crippen molar-refractivity contribution in [1.29, 1.82) is 0 Å². The number of allylic oxidation sites excluding steroid dienone is 1. The zero-order valence-electron chi connectivity index (χ0n) is 23.4. The van der Waals surface area contributed by atoms with E-state index in [-0.39, 0.29) is 18.8 Å². The average molecular weight is 624 g/mol. The van der Waals surface area contributed by atoms with Gasteiger partial charge >= 0.3 is 5.97 Å². The maximum atomic E-state index is 13.9. The number of aryl methyl sites for hydroxylation is 1. The second-order valence-electron chi connectivity index (χ2n) is 9.66. The third kappa shape index (κ3) is 6.02. The molecular formula is C32H28Cl2N2O5S. The molecule has 2 heterocycles. The SMILES string of the molecule is CCOC(=O)C1=C(C)N=c2s/c(=C/c3ccc(OCc4ccc(Cl)c(Cl)c4)c(OC)c3)c(=O)n2[C@H]1c1ccc(C)cc1. The van der Waals surface area contributed by atoms with E-state index in [4.69, 9.17) is 37.4 Å². The van der Waals surface area contributed by atoms with Gasteiger partial charge in [-0.15, -0.1) is 0 Å². The summed E-state index contributed by atoms with van der Waals surface area (Å²) in [6.45, 7) is 6.00. The Morgan fingerprint density at radius 2 is 1.79 bits per heavy atom. The fourth-order valence-corrected chi connectivity index (χ4v) is 6.06. The molecule has 10 heteroatoms. The molecule has 0 aliphatic carbocycles. The van der Waals surface area contributed by atoms with E-state index in [1.165, 1.54) is 11.3 Å². The number of aromatic nitrogens is 1. The Bertz CT molecular complexity index is 1880. The van der Waals surface area contributed by atoms with Crippen molar-refractivity contribution in [1.82, 2.24) is 4.57 Å². The van der Waals surface area contributed by atoms with Gasteiger partial charge < -0.3 is 14.2 Å². The molecule has 1 aliphatic rings. The van der Waals surface area contributed by atoms with Crippen LogP contribution in [0.2, 0.25) is 10.0 Å². The first-order chi connectivity index (χ1) is 20.2. The van der Waals surface area contributed by atoms with Gasteiger partial charge in [-0.2, -0.15) is 0 Å². The van der Waals surface area contributed by atoms with Crippen molar-refractivity contribution in [2.24, 2.45) is 4.99 Å². The van der Waals surface area contributed by atoms with E-state index >= 15 is 0 Å². The summed E-state index contributed by atoms with van der Waals surface area (Å²) >= 11 is 13.4. The molecule has 216 valence electrons. The summed E-state index contributed by atoms with van der Waals surface area (Å²) in [4.78, 5) is 32.1. The number of benzene rings is 3. The summed E-state index contributed by atoms with van der Waals surface area (Å²) in [5.74, 6) is 0.561. The molecule has 0 N–H and O–H groups in total. The maximum Gasteiger partial charge on any atom is 0.338 e. The topological polar surface area (TPSA) is 79.1 Å². The van der Waals surface area contributed by atoms with E-state index < -0.39 is 12.0 Å². The predicted octanol–water partition coefficient (Wildman–Crippen LogP) is 6.00. The van der Waals surface area contributed by atoms with Crippen molar-refractivity contribution in [2.45, 2.75) is 33.4 Å². The van der Waals surface area contributed by atoms with E-state index in [1.807, 2.05) is 43.3 Å². The van der Waals surface area contributed by atoms with Gasteiger partial charge in [-0.1, -0.05) is 76.5 Å². The van der Waals surface area contributed by atoms with Gasteiger partial charge in [-0.3, -0.25) is 9.36 Å². The van der Waals surface area contributed by atoms with Crippen molar-refractivity contribution in [3.05, 3.63) is 124 Å². The summed E-state index contributed by atoms with van der Waals surface area (Å²) in [5.41, 5.74) is 4.10. The predicted molar refractivity (Wildman–Crippen MR) is 165 cm³/mol. The fraction of sp³-hybridized carbons (Fsp3) is 0.219. The van der Waals surface area contributed by atoms with Crippen molar-refractivity contribution in [2.75, 3.05) is 13.7 Å². The molecule has 0 amide bonds. The van der Waals surface area contributed by atoms with Crippen molar-refractivity contribution in [3.8, 4) is 11.5 Å². The lowest BCUT2D eigenvalue weighted by atomic mass is 9.95. The van der Waals surface area contributed by atoms with Gasteiger partial charge in [0.05, 0.1) is 45.6 Å². The van der Waals surface area contributed by atoms with Gasteiger partial charge in [-0.25, -0.2) is 9.79 Å². The van der Waals surface area contributed by atoms with Crippen LogP contribution in [-0.4, -0.2) is 24.3 Å². The Morgan fingerprint density at radius 3 is 2.48 bits per heavy atom. The molecule has 0 unspecified atom stereocenters. The largest absolute Gasteiger partial charge is 0.493 e. The Hall–Kier alpha value is -3.85. The smallest absolute Gasteiger partial charge is 0.338 e. The molecule has 3 aromatic carbocycles. The number of thiazole rings is 1. The third-order valence-corrected chi connectivity index (χ3v) is 8.50. The molecular weight excluding hydrogens is 595 g/mol. The molecule has 0 bridgehead atoms. The Morgan fingerprint density at radius 1 is 1.02 bits per heavy atom. The van der Waals surface area contributed by atoms with Gasteiger partial charge in [-0.05, 0) is 67.8 Å². The van der Waals surface area contributed by atoms with E-state index in [1.54, 1.807) is 55.9 Å². The van der Waals surface area contributed by atoms with Gasteiger partial charge in [0.1, 0.15) is 6.61 Å². The minimum absolute atomic E-state index is 0.218. The van der Waals surface area contributed by atoms with Crippen LogP contribution < -0.4 is 24.4 Å². The zero-order chi connectivity index (χ0) is 30.0. The van der Waals surface area contributed by atoms with Crippen molar-refractivity contribution in [3.63, 3.8) is 0 Å². The van der Waals surface area contributed by atoms with Crippen LogP contribution in [0.4, 0.5) is 0 Å². The standard InChI is InChI=1S/C32H28Cl2N2O5S/c1-5-40-31(38)28-19(3)35-32-36(29(28)22-10-6-18(2)7-11-22)30(37)27(42-32)16-20-9-13-25(26(15-20)39-4)41-17-21-8-12-23(33)24(34)14-21/h6-16,29H,5,17H2,1-4H3/b27-16+/t29-/m0/s1. The minimum atomic E-state index is -0.658. The molecule has 0 saturated carbocycles. The summed E-state index contributed by atoms with van der Waals surface area (Å²) < 4.78 is 19.0. The molecule has 7 nitrogen and oxygen atoms in total. The molecule has 4 aromatic rings. The highest BCUT2D eigenvalue weighted by molar-refractivity contribution is 7.07. The van der Waals surface area contributed by atoms with E-state index in [0.29, 0.717) is 42.1 Å².